The predicted molar refractivity (Wildman–Crippen MR) is 72.9 cm³/mol. The molecule has 0 saturated carbocycles. The van der Waals surface area contributed by atoms with Crippen LogP contribution >= 0.6 is 11.3 Å². The standard InChI is InChI=1S/C14H16N2OS/c1-9-16-10(8-18-9)7-17-14-4-2-3-11-12(14)5-6-13(11)15/h2-4,8,13H,5-7,15H2,1H3. The number of aromatic nitrogens is 1. The molecule has 1 aliphatic rings. The maximum atomic E-state index is 6.06. The van der Waals surface area contributed by atoms with Crippen molar-refractivity contribution < 1.29 is 4.74 Å². The Kier molecular flexibility index (Phi) is 3.06. The van der Waals surface area contributed by atoms with Crippen LogP contribution in [0.5, 0.6) is 5.75 Å². The van der Waals surface area contributed by atoms with Gasteiger partial charge >= 0.3 is 0 Å². The van der Waals surface area contributed by atoms with E-state index in [1.807, 2.05) is 24.4 Å². The van der Waals surface area contributed by atoms with Crippen LogP contribution in [0.2, 0.25) is 0 Å². The van der Waals surface area contributed by atoms with Gasteiger partial charge in [0.05, 0.1) is 10.7 Å². The van der Waals surface area contributed by atoms with E-state index in [0.717, 1.165) is 29.3 Å². The summed E-state index contributed by atoms with van der Waals surface area (Å²) in [5.41, 5.74) is 9.57. The van der Waals surface area contributed by atoms with Gasteiger partial charge in [0.15, 0.2) is 0 Å². The lowest BCUT2D eigenvalue weighted by atomic mass is 10.1. The minimum atomic E-state index is 0.171. The predicted octanol–water partition coefficient (Wildman–Crippen LogP) is 2.98. The van der Waals surface area contributed by atoms with Crippen molar-refractivity contribution in [2.75, 3.05) is 0 Å². The lowest BCUT2D eigenvalue weighted by Crippen LogP contribution is -2.05. The lowest BCUT2D eigenvalue weighted by Gasteiger charge is -2.10. The molecule has 1 heterocycles. The van der Waals surface area contributed by atoms with Gasteiger partial charge in [-0.15, -0.1) is 11.3 Å². The van der Waals surface area contributed by atoms with Crippen LogP contribution in [0.3, 0.4) is 0 Å². The van der Waals surface area contributed by atoms with Crippen LogP contribution in [-0.2, 0) is 13.0 Å². The van der Waals surface area contributed by atoms with Crippen molar-refractivity contribution in [3.05, 3.63) is 45.4 Å². The molecule has 3 nitrogen and oxygen atoms in total. The van der Waals surface area contributed by atoms with E-state index in [2.05, 4.69) is 11.1 Å². The molecule has 0 radical (unpaired) electrons. The Hall–Kier alpha value is -1.39. The first-order valence-corrected chi connectivity index (χ1v) is 7.03. The van der Waals surface area contributed by atoms with Crippen molar-refractivity contribution in [2.24, 2.45) is 5.73 Å². The van der Waals surface area contributed by atoms with Gasteiger partial charge in [0, 0.05) is 11.4 Å². The molecule has 18 heavy (non-hydrogen) atoms. The fourth-order valence-corrected chi connectivity index (χ4v) is 3.01. The molecule has 0 saturated heterocycles. The van der Waals surface area contributed by atoms with Crippen LogP contribution in [0, 0.1) is 6.92 Å². The number of benzene rings is 1. The van der Waals surface area contributed by atoms with Crippen LogP contribution in [0.15, 0.2) is 23.6 Å². The molecule has 1 unspecified atom stereocenters. The highest BCUT2D eigenvalue weighted by Gasteiger charge is 2.22. The van der Waals surface area contributed by atoms with E-state index in [4.69, 9.17) is 10.5 Å². The van der Waals surface area contributed by atoms with Gasteiger partial charge in [-0.25, -0.2) is 4.98 Å². The summed E-state index contributed by atoms with van der Waals surface area (Å²) in [5.74, 6) is 0.964. The number of rotatable bonds is 3. The van der Waals surface area contributed by atoms with Gasteiger partial charge in [-0.3, -0.25) is 0 Å². The Bertz CT molecular complexity index is 565. The highest BCUT2D eigenvalue weighted by molar-refractivity contribution is 7.09. The number of hydrogen-bond donors (Lipinski definition) is 1. The first-order valence-electron chi connectivity index (χ1n) is 6.15. The molecule has 2 N–H and O–H groups in total. The van der Waals surface area contributed by atoms with Gasteiger partial charge in [0.25, 0.3) is 0 Å². The molecular formula is C14H16N2OS. The molecule has 1 atom stereocenters. The number of hydrogen-bond acceptors (Lipinski definition) is 4. The summed E-state index contributed by atoms with van der Waals surface area (Å²) in [5, 5.41) is 3.12. The zero-order chi connectivity index (χ0) is 12.5. The molecule has 0 bridgehead atoms. The van der Waals surface area contributed by atoms with Crippen molar-refractivity contribution in [2.45, 2.75) is 32.4 Å². The molecule has 0 aliphatic heterocycles. The monoisotopic (exact) mass is 260 g/mol. The van der Waals surface area contributed by atoms with E-state index in [-0.39, 0.29) is 6.04 Å². The van der Waals surface area contributed by atoms with Crippen molar-refractivity contribution >= 4 is 11.3 Å². The van der Waals surface area contributed by atoms with Crippen LogP contribution < -0.4 is 10.5 Å². The summed E-state index contributed by atoms with van der Waals surface area (Å²) in [4.78, 5) is 4.40. The highest BCUT2D eigenvalue weighted by atomic mass is 32.1. The zero-order valence-corrected chi connectivity index (χ0v) is 11.2. The average molecular weight is 260 g/mol. The summed E-state index contributed by atoms with van der Waals surface area (Å²) in [6.45, 7) is 2.55. The van der Waals surface area contributed by atoms with Crippen LogP contribution in [-0.4, -0.2) is 4.98 Å². The maximum absolute atomic E-state index is 6.06. The molecule has 0 spiro atoms. The molecule has 3 rings (SSSR count). The van der Waals surface area contributed by atoms with Gasteiger partial charge in [-0.1, -0.05) is 12.1 Å². The second-order valence-electron chi connectivity index (χ2n) is 4.62. The number of aryl methyl sites for hydroxylation is 1. The Morgan fingerprint density at radius 3 is 3.17 bits per heavy atom. The fourth-order valence-electron chi connectivity index (χ4n) is 2.41. The van der Waals surface area contributed by atoms with E-state index in [1.54, 1.807) is 11.3 Å². The van der Waals surface area contributed by atoms with E-state index in [1.165, 1.54) is 11.1 Å². The number of thiazole rings is 1. The second kappa shape index (κ2) is 4.71. The summed E-state index contributed by atoms with van der Waals surface area (Å²) in [6, 6.07) is 6.32. The molecular weight excluding hydrogens is 244 g/mol. The van der Waals surface area contributed by atoms with E-state index in [0.29, 0.717) is 6.61 Å². The Morgan fingerprint density at radius 1 is 1.50 bits per heavy atom. The van der Waals surface area contributed by atoms with E-state index in [9.17, 15) is 0 Å². The molecule has 4 heteroatoms. The van der Waals surface area contributed by atoms with E-state index < -0.39 is 0 Å². The summed E-state index contributed by atoms with van der Waals surface area (Å²) >= 11 is 1.65. The summed E-state index contributed by atoms with van der Waals surface area (Å²) in [6.07, 6.45) is 2.04. The lowest BCUT2D eigenvalue weighted by molar-refractivity contribution is 0.299. The largest absolute Gasteiger partial charge is 0.487 e. The van der Waals surface area contributed by atoms with Gasteiger partial charge < -0.3 is 10.5 Å². The van der Waals surface area contributed by atoms with Crippen molar-refractivity contribution in [1.29, 1.82) is 0 Å². The number of ether oxygens (including phenoxy) is 1. The van der Waals surface area contributed by atoms with Crippen LogP contribution in [0.4, 0.5) is 0 Å². The third-order valence-corrected chi connectivity index (χ3v) is 4.14. The first-order chi connectivity index (χ1) is 8.74. The molecule has 0 fully saturated rings. The van der Waals surface area contributed by atoms with Crippen molar-refractivity contribution in [3.8, 4) is 5.75 Å². The third-order valence-electron chi connectivity index (χ3n) is 3.32. The Morgan fingerprint density at radius 2 is 2.39 bits per heavy atom. The maximum Gasteiger partial charge on any atom is 0.131 e. The number of fused-ring (bicyclic) bond motifs is 1. The van der Waals surface area contributed by atoms with Gasteiger partial charge in [0.1, 0.15) is 12.4 Å². The van der Waals surface area contributed by atoms with Crippen LogP contribution in [0.25, 0.3) is 0 Å². The van der Waals surface area contributed by atoms with Gasteiger partial charge in [-0.2, -0.15) is 0 Å². The minimum Gasteiger partial charge on any atom is -0.487 e. The highest BCUT2D eigenvalue weighted by Crippen LogP contribution is 2.35. The Labute approximate surface area is 111 Å². The van der Waals surface area contributed by atoms with Crippen molar-refractivity contribution in [1.82, 2.24) is 4.98 Å². The van der Waals surface area contributed by atoms with Gasteiger partial charge in [-0.05, 0) is 37.0 Å². The average Bonchev–Trinajstić information content (AvgIpc) is 2.94. The van der Waals surface area contributed by atoms with E-state index >= 15 is 0 Å². The topological polar surface area (TPSA) is 48.1 Å². The molecule has 1 aromatic heterocycles. The second-order valence-corrected chi connectivity index (χ2v) is 5.68. The molecule has 0 amide bonds. The smallest absolute Gasteiger partial charge is 0.131 e. The molecule has 2 aromatic rings. The SMILES string of the molecule is Cc1nc(COc2cccc3c2CCC3N)cs1. The normalized spacial score (nSPS) is 17.8. The first kappa shape index (κ1) is 11.7. The third kappa shape index (κ3) is 2.13. The molecule has 1 aliphatic carbocycles. The summed E-state index contributed by atoms with van der Waals surface area (Å²) < 4.78 is 5.89. The van der Waals surface area contributed by atoms with Gasteiger partial charge in [0.2, 0.25) is 0 Å². The van der Waals surface area contributed by atoms with Crippen LogP contribution in [0.1, 0.15) is 34.3 Å². The number of nitrogens with zero attached hydrogens (tertiary/aromatic N) is 1. The zero-order valence-electron chi connectivity index (χ0n) is 10.3. The molecule has 1 aromatic carbocycles. The Balaban J connectivity index is 1.78. The minimum absolute atomic E-state index is 0.171. The fraction of sp³-hybridized carbons (Fsp3) is 0.357. The summed E-state index contributed by atoms with van der Waals surface area (Å²) in [7, 11) is 0. The molecule has 94 valence electrons. The quantitative estimate of drug-likeness (QED) is 0.923. The number of nitrogens with two attached hydrogens (primary N) is 1. The van der Waals surface area contributed by atoms with Crippen molar-refractivity contribution in [3.63, 3.8) is 0 Å².